The molecule has 4 rings (SSSR count). The van der Waals surface area contributed by atoms with Crippen LogP contribution in [-0.4, -0.2) is 51.2 Å². The van der Waals surface area contributed by atoms with E-state index in [2.05, 4.69) is 10.1 Å². The standard InChI is InChI=1S/C19H26N6O/c1-4-25-17(10-14(22-25)13-7-8-13)19(26)24-9-5-6-16(24)15-11-20-12-18(21-15)23(2)3/h10-13,16H,4-9H2,1-3H3. The number of amides is 1. The summed E-state index contributed by atoms with van der Waals surface area (Å²) in [6.45, 7) is 3.50. The number of rotatable bonds is 5. The SMILES string of the molecule is CCn1nc(C2CC2)cc1C(=O)N1CCCC1c1cncc(N(C)C)n1. The van der Waals surface area contributed by atoms with E-state index >= 15 is 0 Å². The van der Waals surface area contributed by atoms with Crippen LogP contribution in [0.5, 0.6) is 0 Å². The minimum atomic E-state index is -0.0144. The molecule has 1 saturated carbocycles. The van der Waals surface area contributed by atoms with Crippen LogP contribution >= 0.6 is 0 Å². The molecule has 2 aromatic heterocycles. The van der Waals surface area contributed by atoms with Gasteiger partial charge < -0.3 is 9.80 Å². The van der Waals surface area contributed by atoms with Gasteiger partial charge in [0.15, 0.2) is 0 Å². The van der Waals surface area contributed by atoms with Gasteiger partial charge in [-0.3, -0.25) is 14.5 Å². The molecular formula is C19H26N6O. The van der Waals surface area contributed by atoms with Gasteiger partial charge in [-0.2, -0.15) is 5.10 Å². The smallest absolute Gasteiger partial charge is 0.272 e. The van der Waals surface area contributed by atoms with Crippen LogP contribution in [-0.2, 0) is 6.54 Å². The number of aryl methyl sites for hydroxylation is 1. The number of aromatic nitrogens is 4. The zero-order valence-electron chi connectivity index (χ0n) is 15.7. The molecule has 138 valence electrons. The van der Waals surface area contributed by atoms with Crippen molar-refractivity contribution in [1.82, 2.24) is 24.6 Å². The molecule has 0 aromatic carbocycles. The summed E-state index contributed by atoms with van der Waals surface area (Å²) in [5.41, 5.74) is 2.64. The lowest BCUT2D eigenvalue weighted by molar-refractivity contribution is 0.0720. The zero-order chi connectivity index (χ0) is 18.3. The fourth-order valence-corrected chi connectivity index (χ4v) is 3.64. The van der Waals surface area contributed by atoms with Gasteiger partial charge in [0.1, 0.15) is 11.5 Å². The Kier molecular flexibility index (Phi) is 4.38. The maximum Gasteiger partial charge on any atom is 0.272 e. The highest BCUT2D eigenvalue weighted by molar-refractivity contribution is 5.93. The summed E-state index contributed by atoms with van der Waals surface area (Å²) in [6.07, 6.45) is 7.82. The molecule has 2 fully saturated rings. The summed E-state index contributed by atoms with van der Waals surface area (Å²) in [4.78, 5) is 26.2. The van der Waals surface area contributed by atoms with Crippen LogP contribution in [0.2, 0.25) is 0 Å². The Labute approximate surface area is 154 Å². The molecule has 1 atom stereocenters. The van der Waals surface area contributed by atoms with Crippen molar-refractivity contribution in [3.63, 3.8) is 0 Å². The van der Waals surface area contributed by atoms with Crippen LogP contribution in [0.4, 0.5) is 5.82 Å². The highest BCUT2D eigenvalue weighted by Gasteiger charge is 2.35. The first-order chi connectivity index (χ1) is 12.6. The lowest BCUT2D eigenvalue weighted by atomic mass is 10.1. The maximum absolute atomic E-state index is 13.3. The molecule has 1 aliphatic carbocycles. The van der Waals surface area contributed by atoms with Gasteiger partial charge in [0, 0.05) is 33.1 Å². The molecule has 1 saturated heterocycles. The Balaban J connectivity index is 1.62. The number of carbonyl (C=O) groups is 1. The molecule has 7 heteroatoms. The maximum atomic E-state index is 13.3. The molecule has 0 bridgehead atoms. The van der Waals surface area contributed by atoms with Gasteiger partial charge >= 0.3 is 0 Å². The van der Waals surface area contributed by atoms with Gasteiger partial charge in [-0.1, -0.05) is 0 Å². The monoisotopic (exact) mass is 354 g/mol. The van der Waals surface area contributed by atoms with Gasteiger partial charge in [-0.05, 0) is 38.7 Å². The molecule has 7 nitrogen and oxygen atoms in total. The number of carbonyl (C=O) groups excluding carboxylic acids is 1. The largest absolute Gasteiger partial charge is 0.361 e. The van der Waals surface area contributed by atoms with E-state index in [-0.39, 0.29) is 11.9 Å². The van der Waals surface area contributed by atoms with Crippen molar-refractivity contribution in [3.05, 3.63) is 35.5 Å². The first-order valence-electron chi connectivity index (χ1n) is 9.46. The number of hydrogen-bond donors (Lipinski definition) is 0. The fraction of sp³-hybridized carbons (Fsp3) is 0.579. The summed E-state index contributed by atoms with van der Waals surface area (Å²) in [5.74, 6) is 1.42. The lowest BCUT2D eigenvalue weighted by Crippen LogP contribution is -2.33. The third-order valence-electron chi connectivity index (χ3n) is 5.27. The Hall–Kier alpha value is -2.44. The molecule has 2 aliphatic rings. The van der Waals surface area contributed by atoms with Crippen molar-refractivity contribution >= 4 is 11.7 Å². The molecule has 26 heavy (non-hydrogen) atoms. The van der Waals surface area contributed by atoms with Crippen LogP contribution in [0, 0.1) is 0 Å². The van der Waals surface area contributed by atoms with E-state index in [0.29, 0.717) is 18.2 Å². The fourth-order valence-electron chi connectivity index (χ4n) is 3.64. The molecule has 0 spiro atoms. The first-order valence-corrected chi connectivity index (χ1v) is 9.46. The van der Waals surface area contributed by atoms with Gasteiger partial charge in [0.05, 0.1) is 29.8 Å². The summed E-state index contributed by atoms with van der Waals surface area (Å²) in [5, 5.41) is 4.65. The second-order valence-electron chi connectivity index (χ2n) is 7.40. The van der Waals surface area contributed by atoms with Crippen LogP contribution in [0.25, 0.3) is 0 Å². The van der Waals surface area contributed by atoms with E-state index in [4.69, 9.17) is 4.98 Å². The second-order valence-corrected chi connectivity index (χ2v) is 7.40. The van der Waals surface area contributed by atoms with E-state index in [9.17, 15) is 4.79 Å². The van der Waals surface area contributed by atoms with Crippen LogP contribution < -0.4 is 4.90 Å². The first kappa shape index (κ1) is 17.0. The Morgan fingerprint density at radius 3 is 2.73 bits per heavy atom. The number of likely N-dealkylation sites (tertiary alicyclic amines) is 1. The van der Waals surface area contributed by atoms with Crippen LogP contribution in [0.15, 0.2) is 18.5 Å². The highest BCUT2D eigenvalue weighted by Crippen LogP contribution is 2.40. The number of anilines is 1. The average molecular weight is 354 g/mol. The van der Waals surface area contributed by atoms with Crippen molar-refractivity contribution in [2.45, 2.75) is 51.1 Å². The molecule has 0 N–H and O–H groups in total. The summed E-state index contributed by atoms with van der Waals surface area (Å²) in [7, 11) is 3.90. The van der Waals surface area contributed by atoms with Crippen molar-refractivity contribution < 1.29 is 4.79 Å². The summed E-state index contributed by atoms with van der Waals surface area (Å²) < 4.78 is 1.85. The van der Waals surface area contributed by atoms with E-state index in [0.717, 1.165) is 36.6 Å². The van der Waals surface area contributed by atoms with E-state index in [1.807, 2.05) is 41.6 Å². The van der Waals surface area contributed by atoms with Gasteiger partial charge in [0.2, 0.25) is 0 Å². The predicted octanol–water partition coefficient (Wildman–Crippen LogP) is 2.61. The molecule has 1 aliphatic heterocycles. The Bertz CT molecular complexity index is 810. The van der Waals surface area contributed by atoms with Gasteiger partial charge in [0.25, 0.3) is 5.91 Å². The van der Waals surface area contributed by atoms with Crippen molar-refractivity contribution in [3.8, 4) is 0 Å². The minimum Gasteiger partial charge on any atom is -0.361 e. The summed E-state index contributed by atoms with van der Waals surface area (Å²) in [6, 6.07) is 1.99. The summed E-state index contributed by atoms with van der Waals surface area (Å²) >= 11 is 0. The van der Waals surface area contributed by atoms with Crippen molar-refractivity contribution in [2.75, 3.05) is 25.5 Å². The molecule has 2 aromatic rings. The van der Waals surface area contributed by atoms with Crippen LogP contribution in [0.1, 0.15) is 66.4 Å². The lowest BCUT2D eigenvalue weighted by Gasteiger charge is -2.25. The normalized spacial score (nSPS) is 19.8. The second kappa shape index (κ2) is 6.70. The molecule has 0 radical (unpaired) electrons. The third-order valence-corrected chi connectivity index (χ3v) is 5.27. The molecule has 3 heterocycles. The Morgan fingerprint density at radius 2 is 2.04 bits per heavy atom. The minimum absolute atomic E-state index is 0.0144. The highest BCUT2D eigenvalue weighted by atomic mass is 16.2. The van der Waals surface area contributed by atoms with E-state index in [1.165, 1.54) is 12.8 Å². The zero-order valence-corrected chi connectivity index (χ0v) is 15.7. The Morgan fingerprint density at radius 1 is 1.23 bits per heavy atom. The van der Waals surface area contributed by atoms with Crippen LogP contribution in [0.3, 0.4) is 0 Å². The van der Waals surface area contributed by atoms with E-state index < -0.39 is 0 Å². The average Bonchev–Trinajstić information content (AvgIpc) is 3.22. The van der Waals surface area contributed by atoms with Gasteiger partial charge in [-0.25, -0.2) is 4.98 Å². The number of hydrogen-bond acceptors (Lipinski definition) is 5. The quantitative estimate of drug-likeness (QED) is 0.826. The predicted molar refractivity (Wildman–Crippen MR) is 99.2 cm³/mol. The van der Waals surface area contributed by atoms with Gasteiger partial charge in [-0.15, -0.1) is 0 Å². The molecule has 1 unspecified atom stereocenters. The molecule has 1 amide bonds. The van der Waals surface area contributed by atoms with Crippen molar-refractivity contribution in [2.24, 2.45) is 0 Å². The molecular weight excluding hydrogens is 328 g/mol. The third kappa shape index (κ3) is 3.06. The number of nitrogens with zero attached hydrogens (tertiary/aromatic N) is 6. The topological polar surface area (TPSA) is 67.2 Å². The van der Waals surface area contributed by atoms with Crippen molar-refractivity contribution in [1.29, 1.82) is 0 Å². The van der Waals surface area contributed by atoms with E-state index in [1.54, 1.807) is 12.4 Å².